The predicted octanol–water partition coefficient (Wildman–Crippen LogP) is 4.07. The van der Waals surface area contributed by atoms with E-state index in [0.717, 1.165) is 0 Å². The molecular weight excluding hydrogens is 345 g/mol. The fraction of sp³-hybridized carbons (Fsp3) is 0.267. The maximum atomic E-state index is 12.8. The summed E-state index contributed by atoms with van der Waals surface area (Å²) in [6, 6.07) is 5.49. The largest absolute Gasteiger partial charge is 0.454 e. The van der Waals surface area contributed by atoms with Gasteiger partial charge >= 0.3 is 12.2 Å². The summed E-state index contributed by atoms with van der Waals surface area (Å²) in [5.74, 6) is 0.964. The molecule has 24 heavy (non-hydrogen) atoms. The van der Waals surface area contributed by atoms with Gasteiger partial charge in [-0.2, -0.15) is 24.5 Å². The van der Waals surface area contributed by atoms with Crippen LogP contribution in [0, 0.1) is 0 Å². The van der Waals surface area contributed by atoms with Gasteiger partial charge in [0, 0.05) is 18.3 Å². The van der Waals surface area contributed by atoms with E-state index < -0.39 is 18.8 Å². The van der Waals surface area contributed by atoms with Gasteiger partial charge in [-0.05, 0) is 34.5 Å². The van der Waals surface area contributed by atoms with Crippen LogP contribution in [-0.2, 0) is 6.54 Å². The molecule has 0 aliphatic carbocycles. The van der Waals surface area contributed by atoms with Crippen molar-refractivity contribution in [2.75, 3.05) is 18.7 Å². The maximum absolute atomic E-state index is 12.8. The molecule has 0 spiro atoms. The van der Waals surface area contributed by atoms with Crippen LogP contribution in [0.15, 0.2) is 35.0 Å². The van der Waals surface area contributed by atoms with Gasteiger partial charge in [0.25, 0.3) is 0 Å². The van der Waals surface area contributed by atoms with E-state index in [1.54, 1.807) is 29.0 Å². The average Bonchev–Trinajstić information content (AvgIpc) is 3.15. The Balaban J connectivity index is 1.72. The summed E-state index contributed by atoms with van der Waals surface area (Å²) >= 11 is 1.36. The Morgan fingerprint density at radius 2 is 2.04 bits per heavy atom. The second-order valence-electron chi connectivity index (χ2n) is 5.10. The predicted molar refractivity (Wildman–Crippen MR) is 82.4 cm³/mol. The monoisotopic (exact) mass is 358 g/mol. The minimum absolute atomic E-state index is 0.0745. The van der Waals surface area contributed by atoms with Crippen molar-refractivity contribution in [3.8, 4) is 11.5 Å². The topological polar surface area (TPSA) is 50.8 Å². The molecule has 128 valence electrons. The standard InChI is InChI=1S/C15H13F3N2O3S/c16-15(17,18)8-20(6-10-3-4-24-7-10)14(21)19-11-1-2-12-13(5-11)23-9-22-12/h1-5,7H,6,8-9H2,(H,19,21). The van der Waals surface area contributed by atoms with E-state index in [0.29, 0.717) is 27.6 Å². The zero-order valence-corrected chi connectivity index (χ0v) is 13.1. The van der Waals surface area contributed by atoms with Crippen LogP contribution in [-0.4, -0.2) is 30.4 Å². The van der Waals surface area contributed by atoms with Crippen molar-refractivity contribution in [2.24, 2.45) is 0 Å². The number of rotatable bonds is 4. The van der Waals surface area contributed by atoms with Crippen molar-refractivity contribution in [3.63, 3.8) is 0 Å². The molecule has 0 saturated carbocycles. The first-order chi connectivity index (χ1) is 11.4. The first-order valence-corrected chi connectivity index (χ1v) is 7.88. The quantitative estimate of drug-likeness (QED) is 0.896. The molecule has 0 radical (unpaired) electrons. The van der Waals surface area contributed by atoms with Gasteiger partial charge in [-0.25, -0.2) is 4.79 Å². The highest BCUT2D eigenvalue weighted by Crippen LogP contribution is 2.34. The van der Waals surface area contributed by atoms with Crippen LogP contribution in [0.1, 0.15) is 5.56 Å². The molecule has 1 aliphatic heterocycles. The zero-order chi connectivity index (χ0) is 17.2. The van der Waals surface area contributed by atoms with Gasteiger partial charge in [-0.1, -0.05) is 0 Å². The highest BCUT2D eigenvalue weighted by Gasteiger charge is 2.33. The number of fused-ring (bicyclic) bond motifs is 1. The molecule has 0 unspecified atom stereocenters. The summed E-state index contributed by atoms with van der Waals surface area (Å²) in [7, 11) is 0. The van der Waals surface area contributed by atoms with Crippen molar-refractivity contribution in [1.29, 1.82) is 0 Å². The normalized spacial score (nSPS) is 13.0. The first-order valence-electron chi connectivity index (χ1n) is 6.94. The first kappa shape index (κ1) is 16.4. The van der Waals surface area contributed by atoms with E-state index in [4.69, 9.17) is 9.47 Å². The van der Waals surface area contributed by atoms with Crippen LogP contribution >= 0.6 is 11.3 Å². The lowest BCUT2D eigenvalue weighted by molar-refractivity contribution is -0.140. The van der Waals surface area contributed by atoms with Crippen LogP contribution in [0.2, 0.25) is 0 Å². The van der Waals surface area contributed by atoms with Crippen molar-refractivity contribution < 1.29 is 27.4 Å². The summed E-state index contributed by atoms with van der Waals surface area (Å²) in [6.07, 6.45) is -4.48. The van der Waals surface area contributed by atoms with E-state index in [1.165, 1.54) is 17.4 Å². The van der Waals surface area contributed by atoms with E-state index in [2.05, 4.69) is 5.32 Å². The number of amides is 2. The Labute approximate surface area is 139 Å². The number of ether oxygens (including phenoxy) is 2. The smallest absolute Gasteiger partial charge is 0.406 e. The van der Waals surface area contributed by atoms with Crippen LogP contribution in [0.5, 0.6) is 11.5 Å². The molecule has 0 saturated heterocycles. The summed E-state index contributed by atoms with van der Waals surface area (Å²) in [4.78, 5) is 13.0. The molecule has 1 N–H and O–H groups in total. The summed E-state index contributed by atoms with van der Waals surface area (Å²) in [6.45, 7) is -1.39. The van der Waals surface area contributed by atoms with Crippen LogP contribution in [0.3, 0.4) is 0 Å². The van der Waals surface area contributed by atoms with Gasteiger partial charge in [0.2, 0.25) is 6.79 Å². The van der Waals surface area contributed by atoms with Gasteiger partial charge in [0.1, 0.15) is 6.54 Å². The molecular formula is C15H13F3N2O3S. The van der Waals surface area contributed by atoms with E-state index in [9.17, 15) is 18.0 Å². The number of urea groups is 1. The van der Waals surface area contributed by atoms with Gasteiger partial charge in [0.05, 0.1) is 0 Å². The van der Waals surface area contributed by atoms with Crippen LogP contribution in [0.25, 0.3) is 0 Å². The number of hydrogen-bond acceptors (Lipinski definition) is 4. The number of anilines is 1. The third-order valence-electron chi connectivity index (χ3n) is 3.23. The Bertz CT molecular complexity index is 719. The third-order valence-corrected chi connectivity index (χ3v) is 3.97. The number of hydrogen-bond donors (Lipinski definition) is 1. The molecule has 0 fully saturated rings. The second kappa shape index (κ2) is 6.60. The minimum atomic E-state index is -4.48. The lowest BCUT2D eigenvalue weighted by Gasteiger charge is -2.24. The van der Waals surface area contributed by atoms with Crippen LogP contribution < -0.4 is 14.8 Å². The molecule has 3 rings (SSSR count). The summed E-state index contributed by atoms with van der Waals surface area (Å²) in [5.41, 5.74) is 0.979. The minimum Gasteiger partial charge on any atom is -0.454 e. The van der Waals surface area contributed by atoms with Crippen molar-refractivity contribution in [1.82, 2.24) is 4.90 Å². The Hall–Kier alpha value is -2.42. The van der Waals surface area contributed by atoms with Gasteiger partial charge < -0.3 is 19.7 Å². The molecule has 0 atom stereocenters. The molecule has 2 heterocycles. The van der Waals surface area contributed by atoms with Gasteiger partial charge in [0.15, 0.2) is 11.5 Å². The number of halogens is 3. The number of carbonyl (C=O) groups is 1. The Morgan fingerprint density at radius 3 is 2.75 bits per heavy atom. The van der Waals surface area contributed by atoms with Crippen molar-refractivity contribution in [2.45, 2.75) is 12.7 Å². The fourth-order valence-corrected chi connectivity index (χ4v) is 2.86. The van der Waals surface area contributed by atoms with Gasteiger partial charge in [-0.15, -0.1) is 0 Å². The maximum Gasteiger partial charge on any atom is 0.406 e. The number of nitrogens with zero attached hydrogens (tertiary/aromatic N) is 1. The highest BCUT2D eigenvalue weighted by atomic mass is 32.1. The number of alkyl halides is 3. The number of nitrogens with one attached hydrogen (secondary N) is 1. The molecule has 2 aromatic rings. The molecule has 1 aromatic carbocycles. The average molecular weight is 358 g/mol. The second-order valence-corrected chi connectivity index (χ2v) is 5.88. The highest BCUT2D eigenvalue weighted by molar-refractivity contribution is 7.07. The molecule has 1 aromatic heterocycles. The zero-order valence-electron chi connectivity index (χ0n) is 12.3. The lowest BCUT2D eigenvalue weighted by atomic mass is 10.2. The van der Waals surface area contributed by atoms with E-state index >= 15 is 0 Å². The van der Waals surface area contributed by atoms with Crippen molar-refractivity contribution >= 4 is 23.1 Å². The Kier molecular flexibility index (Phi) is 4.52. The van der Waals surface area contributed by atoms with Gasteiger partial charge in [-0.3, -0.25) is 0 Å². The Morgan fingerprint density at radius 1 is 1.25 bits per heavy atom. The fourth-order valence-electron chi connectivity index (χ4n) is 2.20. The molecule has 2 amide bonds. The molecule has 1 aliphatic rings. The third kappa shape index (κ3) is 4.10. The number of carbonyl (C=O) groups excluding carboxylic acids is 1. The van der Waals surface area contributed by atoms with E-state index in [1.807, 2.05) is 0 Å². The van der Waals surface area contributed by atoms with E-state index in [-0.39, 0.29) is 13.3 Å². The van der Waals surface area contributed by atoms with Crippen LogP contribution in [0.4, 0.5) is 23.7 Å². The van der Waals surface area contributed by atoms with Crippen molar-refractivity contribution in [3.05, 3.63) is 40.6 Å². The lowest BCUT2D eigenvalue weighted by Crippen LogP contribution is -2.40. The number of benzene rings is 1. The summed E-state index contributed by atoms with van der Waals surface area (Å²) in [5, 5.41) is 5.91. The molecule has 5 nitrogen and oxygen atoms in total. The number of thiophene rings is 1. The summed E-state index contributed by atoms with van der Waals surface area (Å²) < 4.78 is 48.6. The SMILES string of the molecule is O=C(Nc1ccc2c(c1)OCO2)N(Cc1ccsc1)CC(F)(F)F. The molecule has 9 heteroatoms. The molecule has 0 bridgehead atoms.